The van der Waals surface area contributed by atoms with E-state index in [9.17, 15) is 45.0 Å². The maximum atomic E-state index is 13.2. The number of aliphatic hydroxyl groups is 5. The highest BCUT2D eigenvalue weighted by Gasteiger charge is 2.68. The number of carbonyl (C=O) groups excluding carboxylic acids is 3. The molecular weight excluding hydrogens is 412 g/mol. The zero-order valence-corrected chi connectivity index (χ0v) is 16.1. The van der Waals surface area contributed by atoms with Crippen LogP contribution in [0.4, 0.5) is 0 Å². The van der Waals surface area contributed by atoms with Crippen molar-refractivity contribution in [3.05, 3.63) is 52.0 Å². The summed E-state index contributed by atoms with van der Waals surface area (Å²) >= 11 is 0. The highest BCUT2D eigenvalue weighted by atomic mass is 16.4. The van der Waals surface area contributed by atoms with Crippen LogP contribution in [-0.2, 0) is 15.2 Å². The second-order valence-corrected chi connectivity index (χ2v) is 8.18. The summed E-state index contributed by atoms with van der Waals surface area (Å²) in [4.78, 5) is 37.8. The molecule has 0 radical (unpaired) electrons. The zero-order chi connectivity index (χ0) is 23.2. The Labute approximate surface area is 174 Å². The first kappa shape index (κ1) is 21.0. The van der Waals surface area contributed by atoms with E-state index in [1.807, 2.05) is 0 Å². The highest BCUT2D eigenvalue weighted by Crippen LogP contribution is 2.55. The molecule has 0 saturated carbocycles. The molecule has 3 aliphatic rings. The molecule has 0 aromatic heterocycles. The van der Waals surface area contributed by atoms with E-state index in [0.717, 1.165) is 6.07 Å². The Kier molecular flexibility index (Phi) is 4.16. The van der Waals surface area contributed by atoms with Gasteiger partial charge >= 0.3 is 0 Å². The van der Waals surface area contributed by atoms with Crippen LogP contribution in [0.2, 0.25) is 0 Å². The van der Waals surface area contributed by atoms with Crippen LogP contribution < -0.4 is 11.5 Å². The quantitative estimate of drug-likeness (QED) is 0.231. The number of amides is 1. The van der Waals surface area contributed by atoms with Gasteiger partial charge < -0.3 is 42.1 Å². The Morgan fingerprint density at radius 2 is 1.74 bits per heavy atom. The number of benzene rings is 1. The van der Waals surface area contributed by atoms with Gasteiger partial charge in [0.15, 0.2) is 11.4 Å². The van der Waals surface area contributed by atoms with Gasteiger partial charge in [0.05, 0.1) is 40.7 Å². The molecule has 0 saturated heterocycles. The van der Waals surface area contributed by atoms with Crippen LogP contribution in [0.1, 0.15) is 22.8 Å². The molecule has 3 aliphatic carbocycles. The summed E-state index contributed by atoms with van der Waals surface area (Å²) in [5.74, 6) is -10.3. The number of aromatic hydroxyl groups is 1. The Hall–Kier alpha value is -3.25. The van der Waals surface area contributed by atoms with Crippen molar-refractivity contribution < 1.29 is 45.0 Å². The molecule has 4 rings (SSSR count). The van der Waals surface area contributed by atoms with E-state index in [-0.39, 0.29) is 11.1 Å². The lowest BCUT2D eigenvalue weighted by Crippen LogP contribution is -2.69. The summed E-state index contributed by atoms with van der Waals surface area (Å²) in [6.45, 7) is 1.21. The first-order chi connectivity index (χ1) is 14.3. The van der Waals surface area contributed by atoms with Gasteiger partial charge in [0.1, 0.15) is 22.8 Å². The third-order valence-electron chi connectivity index (χ3n) is 6.56. The fourth-order valence-corrected chi connectivity index (χ4v) is 5.11. The standard InChI is InChI=1S/C20H20N2O9/c1-19(30)5-3-2-4-6(23)7(5)13(24)8-10(19)15(26)11-12(21)14(25)9(18(22)29)17(28)20(11,31)16(8)27/h2-4,10-12,15,23,25-27,30-31H,21H2,1H3,(H2,22,29)/t10?,11?,12-,15?,19?,20-/m0/s1. The minimum atomic E-state index is -3.09. The van der Waals surface area contributed by atoms with Gasteiger partial charge in [0.25, 0.3) is 5.91 Å². The molecule has 1 amide bonds. The summed E-state index contributed by atoms with van der Waals surface area (Å²) in [6, 6.07) is 2.11. The number of aliphatic hydroxyl groups excluding tert-OH is 3. The van der Waals surface area contributed by atoms with Crippen LogP contribution in [0, 0.1) is 11.8 Å². The fourth-order valence-electron chi connectivity index (χ4n) is 5.11. The number of fused-ring (bicyclic) bond motifs is 3. The predicted octanol–water partition coefficient (Wildman–Crippen LogP) is -1.85. The molecule has 1 aromatic carbocycles. The van der Waals surface area contributed by atoms with E-state index >= 15 is 0 Å². The van der Waals surface area contributed by atoms with Crippen LogP contribution in [0.5, 0.6) is 5.75 Å². The molecule has 11 nitrogen and oxygen atoms in total. The number of carbonyl (C=O) groups is 3. The van der Waals surface area contributed by atoms with Gasteiger partial charge in [-0.05, 0) is 18.6 Å². The minimum absolute atomic E-state index is 0.0585. The number of hydrogen-bond acceptors (Lipinski definition) is 10. The smallest absolute Gasteiger partial charge is 0.255 e. The van der Waals surface area contributed by atoms with Crippen molar-refractivity contribution >= 4 is 17.5 Å². The van der Waals surface area contributed by atoms with Crippen molar-refractivity contribution in [2.24, 2.45) is 23.3 Å². The molecule has 1 aromatic rings. The van der Waals surface area contributed by atoms with Crippen molar-refractivity contribution in [1.29, 1.82) is 0 Å². The molecule has 0 heterocycles. The Balaban J connectivity index is 2.08. The fraction of sp³-hybridized carbons (Fsp3) is 0.350. The van der Waals surface area contributed by atoms with Crippen molar-refractivity contribution in [2.75, 3.05) is 0 Å². The van der Waals surface area contributed by atoms with Crippen LogP contribution in [0.3, 0.4) is 0 Å². The highest BCUT2D eigenvalue weighted by molar-refractivity contribution is 6.25. The molecule has 11 heteroatoms. The first-order valence-corrected chi connectivity index (χ1v) is 9.26. The van der Waals surface area contributed by atoms with Crippen LogP contribution in [0.25, 0.3) is 0 Å². The molecule has 0 spiro atoms. The third-order valence-corrected chi connectivity index (χ3v) is 6.56. The number of rotatable bonds is 1. The third kappa shape index (κ3) is 2.28. The molecule has 0 fully saturated rings. The first-order valence-electron chi connectivity index (χ1n) is 9.26. The van der Waals surface area contributed by atoms with Crippen molar-refractivity contribution in [3.63, 3.8) is 0 Å². The number of nitrogens with two attached hydrogens (primary N) is 2. The van der Waals surface area contributed by atoms with E-state index in [1.165, 1.54) is 19.1 Å². The lowest BCUT2D eigenvalue weighted by Gasteiger charge is -2.53. The van der Waals surface area contributed by atoms with E-state index in [0.29, 0.717) is 0 Å². The van der Waals surface area contributed by atoms with Crippen molar-refractivity contribution in [3.8, 4) is 5.75 Å². The van der Waals surface area contributed by atoms with E-state index < -0.39 is 81.1 Å². The average Bonchev–Trinajstić information content (AvgIpc) is 2.67. The zero-order valence-electron chi connectivity index (χ0n) is 16.1. The summed E-state index contributed by atoms with van der Waals surface area (Å²) in [5, 5.41) is 65.0. The summed E-state index contributed by atoms with van der Waals surface area (Å²) in [7, 11) is 0. The van der Waals surface area contributed by atoms with Crippen LogP contribution in [0.15, 0.2) is 40.9 Å². The molecule has 31 heavy (non-hydrogen) atoms. The van der Waals surface area contributed by atoms with Crippen LogP contribution in [-0.4, -0.2) is 65.9 Å². The van der Waals surface area contributed by atoms with Gasteiger partial charge in [0, 0.05) is 0 Å². The second-order valence-electron chi connectivity index (χ2n) is 8.18. The number of hydrogen-bond donors (Lipinski definition) is 8. The minimum Gasteiger partial charge on any atom is -0.510 e. The summed E-state index contributed by atoms with van der Waals surface area (Å²) in [6.07, 6.45) is -1.94. The maximum Gasteiger partial charge on any atom is 0.255 e. The van der Waals surface area contributed by atoms with Gasteiger partial charge in [-0.15, -0.1) is 0 Å². The number of Topliss-reactive ketones (excluding diaryl/α,β-unsaturated/α-hetero) is 2. The van der Waals surface area contributed by atoms with Crippen LogP contribution >= 0.6 is 0 Å². The Morgan fingerprint density at radius 3 is 2.32 bits per heavy atom. The SMILES string of the molecule is CC1(O)c2cccc(O)c2C(=O)C2=C(O)[C@]3(O)C(=O)C(C(N)=O)=C(O)[C@@H](N)C3C(O)C21. The summed E-state index contributed by atoms with van der Waals surface area (Å²) < 4.78 is 0. The number of phenolic OH excluding ortho intramolecular Hbond substituents is 1. The molecule has 6 atom stereocenters. The largest absolute Gasteiger partial charge is 0.510 e. The Morgan fingerprint density at radius 1 is 1.13 bits per heavy atom. The van der Waals surface area contributed by atoms with Gasteiger partial charge in [-0.25, -0.2) is 0 Å². The second kappa shape index (κ2) is 6.14. The number of ketones is 2. The monoisotopic (exact) mass is 432 g/mol. The normalized spacial score (nSPS) is 37.3. The van der Waals surface area contributed by atoms with E-state index in [1.54, 1.807) is 0 Å². The van der Waals surface area contributed by atoms with Gasteiger partial charge in [-0.2, -0.15) is 0 Å². The van der Waals surface area contributed by atoms with Gasteiger partial charge in [-0.3, -0.25) is 14.4 Å². The molecule has 164 valence electrons. The van der Waals surface area contributed by atoms with Gasteiger partial charge in [0.2, 0.25) is 5.78 Å². The van der Waals surface area contributed by atoms with Crippen molar-refractivity contribution in [2.45, 2.75) is 30.3 Å². The molecule has 10 N–H and O–H groups in total. The van der Waals surface area contributed by atoms with E-state index in [4.69, 9.17) is 11.5 Å². The lowest BCUT2D eigenvalue weighted by molar-refractivity contribution is -0.167. The lowest BCUT2D eigenvalue weighted by atomic mass is 9.54. The predicted molar refractivity (Wildman–Crippen MR) is 101 cm³/mol. The molecular formula is C20H20N2O9. The van der Waals surface area contributed by atoms with Gasteiger partial charge in [-0.1, -0.05) is 12.1 Å². The number of primary amides is 1. The molecule has 0 bridgehead atoms. The Bertz CT molecular complexity index is 1140. The number of phenols is 1. The topological polar surface area (TPSA) is 225 Å². The molecule has 0 aliphatic heterocycles. The van der Waals surface area contributed by atoms with E-state index in [2.05, 4.69) is 0 Å². The van der Waals surface area contributed by atoms with Crippen molar-refractivity contribution in [1.82, 2.24) is 0 Å². The summed E-state index contributed by atoms with van der Waals surface area (Å²) in [5.41, 5.74) is 3.60. The average molecular weight is 432 g/mol. The maximum absolute atomic E-state index is 13.2. The molecule has 4 unspecified atom stereocenters.